The van der Waals surface area contributed by atoms with Gasteiger partial charge in [0.15, 0.2) is 0 Å². The van der Waals surface area contributed by atoms with E-state index in [1.54, 1.807) is 10.7 Å². The fraction of sp³-hybridized carbons (Fsp3) is 0.333. The van der Waals surface area contributed by atoms with Crippen molar-refractivity contribution in [1.29, 1.82) is 0 Å². The van der Waals surface area contributed by atoms with Gasteiger partial charge >= 0.3 is 0 Å². The van der Waals surface area contributed by atoms with E-state index in [2.05, 4.69) is 5.10 Å². The number of carbonyl (C=O) groups excluding carboxylic acids is 1. The van der Waals surface area contributed by atoms with Crippen molar-refractivity contribution in [2.75, 3.05) is 13.2 Å². The first-order valence-electron chi connectivity index (χ1n) is 8.21. The highest BCUT2D eigenvalue weighted by Gasteiger charge is 2.27. The van der Waals surface area contributed by atoms with Crippen molar-refractivity contribution >= 4 is 27.3 Å². The Morgan fingerprint density at radius 1 is 1.36 bits per heavy atom. The molecule has 1 aromatic carbocycles. The molecule has 0 spiro atoms. The lowest BCUT2D eigenvalue weighted by atomic mass is 10.1. The van der Waals surface area contributed by atoms with Gasteiger partial charge < -0.3 is 15.1 Å². The average Bonchev–Trinajstić information content (AvgIpc) is 3.21. The highest BCUT2D eigenvalue weighted by molar-refractivity contribution is 7.21. The summed E-state index contributed by atoms with van der Waals surface area (Å²) in [6.45, 7) is 3.26. The first-order valence-corrected chi connectivity index (χ1v) is 9.03. The van der Waals surface area contributed by atoms with Gasteiger partial charge in [-0.3, -0.25) is 9.48 Å². The number of aliphatic hydroxyl groups is 2. The number of carbonyl (C=O) groups is 1. The number of thiophene rings is 1. The molecule has 1 aliphatic rings. The second-order valence-corrected chi connectivity index (χ2v) is 7.31. The number of amides is 1. The van der Waals surface area contributed by atoms with Crippen LogP contribution in [0.3, 0.4) is 0 Å². The topological polar surface area (TPSA) is 78.6 Å². The van der Waals surface area contributed by atoms with E-state index < -0.39 is 6.10 Å². The summed E-state index contributed by atoms with van der Waals surface area (Å²) >= 11 is 1.53. The maximum atomic E-state index is 13.0. The van der Waals surface area contributed by atoms with Crippen LogP contribution in [0, 0.1) is 6.92 Å². The Morgan fingerprint density at radius 3 is 2.92 bits per heavy atom. The van der Waals surface area contributed by atoms with E-state index in [1.165, 1.54) is 11.3 Å². The molecule has 0 saturated carbocycles. The third-order valence-electron chi connectivity index (χ3n) is 4.66. The van der Waals surface area contributed by atoms with Crippen LogP contribution in [0.25, 0.3) is 10.1 Å². The highest BCUT2D eigenvalue weighted by Crippen LogP contribution is 2.32. The Kier molecular flexibility index (Phi) is 4.07. The van der Waals surface area contributed by atoms with Crippen LogP contribution in [0.1, 0.15) is 32.7 Å². The van der Waals surface area contributed by atoms with Gasteiger partial charge in [-0.15, -0.1) is 11.3 Å². The second kappa shape index (κ2) is 6.25. The van der Waals surface area contributed by atoms with E-state index in [0.717, 1.165) is 26.2 Å². The van der Waals surface area contributed by atoms with Gasteiger partial charge in [0.05, 0.1) is 36.0 Å². The van der Waals surface area contributed by atoms with Crippen LogP contribution >= 0.6 is 11.3 Å². The first kappa shape index (κ1) is 16.3. The van der Waals surface area contributed by atoms with Crippen LogP contribution in [-0.2, 0) is 13.1 Å². The number of benzene rings is 1. The Morgan fingerprint density at radius 2 is 2.16 bits per heavy atom. The van der Waals surface area contributed by atoms with Crippen LogP contribution in [-0.4, -0.2) is 44.0 Å². The summed E-state index contributed by atoms with van der Waals surface area (Å²) in [5, 5.41) is 24.3. The number of hydrogen-bond donors (Lipinski definition) is 2. The zero-order valence-electron chi connectivity index (χ0n) is 13.8. The summed E-state index contributed by atoms with van der Waals surface area (Å²) in [4.78, 5) is 15.6. The fourth-order valence-electron chi connectivity index (χ4n) is 3.24. The molecule has 1 unspecified atom stereocenters. The molecule has 4 rings (SSSR count). The Balaban J connectivity index is 1.61. The van der Waals surface area contributed by atoms with Crippen molar-refractivity contribution in [3.05, 3.63) is 52.2 Å². The molecular weight excluding hydrogens is 338 g/mol. The lowest BCUT2D eigenvalue weighted by Gasteiger charge is -2.27. The number of aromatic nitrogens is 2. The number of rotatable bonds is 3. The molecule has 3 aromatic rings. The summed E-state index contributed by atoms with van der Waals surface area (Å²) in [7, 11) is 0. The lowest BCUT2D eigenvalue weighted by Crippen LogP contribution is -2.38. The zero-order valence-corrected chi connectivity index (χ0v) is 14.7. The standard InChI is InChI=1S/C18H19N3O3S/c1-11-13-4-2-3-5-16(13)25-17(11)18(24)20-6-7-21-12(9-20)8-14(19-21)15(23)10-22/h2-5,8,15,22-23H,6-7,9-10H2,1H3. The molecule has 3 heterocycles. The Bertz CT molecular complexity index is 946. The van der Waals surface area contributed by atoms with Crippen LogP contribution in [0.4, 0.5) is 0 Å². The van der Waals surface area contributed by atoms with Crippen LogP contribution in [0.2, 0.25) is 0 Å². The lowest BCUT2D eigenvalue weighted by molar-refractivity contribution is 0.0709. The van der Waals surface area contributed by atoms with E-state index in [-0.39, 0.29) is 12.5 Å². The number of nitrogens with zero attached hydrogens (tertiary/aromatic N) is 3. The quantitative estimate of drug-likeness (QED) is 0.752. The van der Waals surface area contributed by atoms with Crippen molar-refractivity contribution in [1.82, 2.24) is 14.7 Å². The molecule has 2 aromatic heterocycles. The minimum Gasteiger partial charge on any atom is -0.393 e. The van der Waals surface area contributed by atoms with Gasteiger partial charge in [-0.25, -0.2) is 0 Å². The van der Waals surface area contributed by atoms with E-state index in [1.807, 2.05) is 36.1 Å². The molecule has 1 atom stereocenters. The minimum atomic E-state index is -0.980. The van der Waals surface area contributed by atoms with Crippen molar-refractivity contribution in [2.45, 2.75) is 26.1 Å². The number of aliphatic hydroxyl groups excluding tert-OH is 2. The third-order valence-corrected chi connectivity index (χ3v) is 5.92. The zero-order chi connectivity index (χ0) is 17.6. The maximum absolute atomic E-state index is 13.0. The summed E-state index contributed by atoms with van der Waals surface area (Å²) in [5.41, 5.74) is 2.35. The maximum Gasteiger partial charge on any atom is 0.264 e. The van der Waals surface area contributed by atoms with E-state index >= 15 is 0 Å². The van der Waals surface area contributed by atoms with Gasteiger partial charge in [-0.05, 0) is 30.0 Å². The van der Waals surface area contributed by atoms with Crippen LogP contribution in [0.5, 0.6) is 0 Å². The molecule has 0 aliphatic carbocycles. The monoisotopic (exact) mass is 357 g/mol. The van der Waals surface area contributed by atoms with E-state index in [0.29, 0.717) is 25.3 Å². The second-order valence-electron chi connectivity index (χ2n) is 6.26. The summed E-state index contributed by atoms with van der Waals surface area (Å²) < 4.78 is 2.93. The number of fused-ring (bicyclic) bond motifs is 2. The molecule has 0 fully saturated rings. The Labute approximate surface area is 148 Å². The predicted molar refractivity (Wildman–Crippen MR) is 95.6 cm³/mol. The predicted octanol–water partition coefficient (Wildman–Crippen LogP) is 2.09. The molecule has 6 nitrogen and oxygen atoms in total. The molecule has 0 bridgehead atoms. The van der Waals surface area contributed by atoms with Crippen molar-refractivity contribution in [2.24, 2.45) is 0 Å². The molecule has 1 aliphatic heterocycles. The fourth-order valence-corrected chi connectivity index (χ4v) is 4.42. The third kappa shape index (κ3) is 2.74. The molecular formula is C18H19N3O3S. The van der Waals surface area contributed by atoms with Crippen LogP contribution < -0.4 is 0 Å². The summed E-state index contributed by atoms with van der Waals surface area (Å²) in [6.07, 6.45) is -0.980. The van der Waals surface area contributed by atoms with Gasteiger partial charge in [0.1, 0.15) is 6.10 Å². The summed E-state index contributed by atoms with van der Waals surface area (Å²) in [6, 6.07) is 9.82. The number of aryl methyl sites for hydroxylation is 1. The van der Waals surface area contributed by atoms with Crippen molar-refractivity contribution < 1.29 is 15.0 Å². The molecule has 2 N–H and O–H groups in total. The molecule has 130 valence electrons. The summed E-state index contributed by atoms with van der Waals surface area (Å²) in [5.74, 6) is 0.0374. The van der Waals surface area contributed by atoms with Gasteiger partial charge in [0.2, 0.25) is 0 Å². The normalized spacial score (nSPS) is 15.4. The Hall–Kier alpha value is -2.22. The smallest absolute Gasteiger partial charge is 0.264 e. The van der Waals surface area contributed by atoms with Gasteiger partial charge in [-0.1, -0.05) is 18.2 Å². The van der Waals surface area contributed by atoms with E-state index in [4.69, 9.17) is 5.11 Å². The highest BCUT2D eigenvalue weighted by atomic mass is 32.1. The molecule has 0 saturated heterocycles. The van der Waals surface area contributed by atoms with Gasteiger partial charge in [-0.2, -0.15) is 5.10 Å². The van der Waals surface area contributed by atoms with Crippen LogP contribution in [0.15, 0.2) is 30.3 Å². The van der Waals surface area contributed by atoms with E-state index in [9.17, 15) is 9.90 Å². The molecule has 7 heteroatoms. The average molecular weight is 357 g/mol. The van der Waals surface area contributed by atoms with Crippen molar-refractivity contribution in [3.8, 4) is 0 Å². The van der Waals surface area contributed by atoms with Gasteiger partial charge in [0, 0.05) is 11.2 Å². The SMILES string of the molecule is Cc1c(C(=O)N2CCn3nc(C(O)CO)cc3C2)sc2ccccc12. The largest absolute Gasteiger partial charge is 0.393 e. The molecule has 1 amide bonds. The van der Waals surface area contributed by atoms with Crippen molar-refractivity contribution in [3.63, 3.8) is 0 Å². The minimum absolute atomic E-state index is 0.0374. The first-order chi connectivity index (χ1) is 12.1. The molecule has 25 heavy (non-hydrogen) atoms. The number of hydrogen-bond acceptors (Lipinski definition) is 5. The molecule has 0 radical (unpaired) electrons. The van der Waals surface area contributed by atoms with Gasteiger partial charge in [0.25, 0.3) is 5.91 Å².